The van der Waals surface area contributed by atoms with Crippen LogP contribution >= 0.6 is 0 Å². The molecule has 1 saturated heterocycles. The number of cyclic esters (lactones) is 1. The summed E-state index contributed by atoms with van der Waals surface area (Å²) < 4.78 is 11.8. The molecule has 1 aliphatic heterocycles. The lowest BCUT2D eigenvalue weighted by Gasteiger charge is -2.63. The fourth-order valence-electron chi connectivity index (χ4n) is 7.53. The Bertz CT molecular complexity index is 1870. The van der Waals surface area contributed by atoms with Crippen molar-refractivity contribution in [2.24, 2.45) is 28.6 Å². The second kappa shape index (κ2) is 13.5. The number of esters is 1. The van der Waals surface area contributed by atoms with E-state index in [1.54, 1.807) is 0 Å². The first-order valence-electron chi connectivity index (χ1n) is 14.1. The number of furan rings is 1. The molecular formula is C38H26O5. The zero-order valence-corrected chi connectivity index (χ0v) is 24.0. The smallest absolute Gasteiger partial charge is 0.324 e. The maximum absolute atomic E-state index is 13.3. The van der Waals surface area contributed by atoms with Crippen molar-refractivity contribution in [2.75, 3.05) is 13.7 Å². The number of rotatable bonds is 1. The van der Waals surface area contributed by atoms with E-state index in [-0.39, 0.29) is 17.3 Å². The van der Waals surface area contributed by atoms with E-state index < -0.39 is 5.41 Å². The van der Waals surface area contributed by atoms with Gasteiger partial charge in [-0.15, -0.1) is 0 Å². The molecule has 2 saturated carbocycles. The summed E-state index contributed by atoms with van der Waals surface area (Å²) in [6.07, 6.45) is 9.73. The number of fused-ring (bicyclic) bond motifs is 2. The molecule has 5 nitrogen and oxygen atoms in total. The highest BCUT2D eigenvalue weighted by Crippen LogP contribution is 2.67. The van der Waals surface area contributed by atoms with Gasteiger partial charge in [-0.3, -0.25) is 9.68 Å². The number of ether oxygens (including phenoxy) is 1. The molecular weight excluding hydrogens is 536 g/mol. The third-order valence-electron chi connectivity index (χ3n) is 9.10. The van der Waals surface area contributed by atoms with E-state index in [1.807, 2.05) is 6.26 Å². The summed E-state index contributed by atoms with van der Waals surface area (Å²) in [4.78, 5) is 21.9. The molecule has 0 spiro atoms. The Kier molecular flexibility index (Phi) is 9.11. The third-order valence-corrected chi connectivity index (χ3v) is 9.10. The van der Waals surface area contributed by atoms with Crippen LogP contribution in [0.25, 0.3) is 0 Å². The number of carbonyl (C=O) groups excluding carboxylic acids is 1. The van der Waals surface area contributed by atoms with Gasteiger partial charge in [0.2, 0.25) is 0 Å². The van der Waals surface area contributed by atoms with E-state index in [1.165, 1.54) is 12.7 Å². The molecule has 2 bridgehead atoms. The molecule has 0 N–H and O–H groups in total. The fraction of sp³-hybridized carbons (Fsp3) is 0.395. The zero-order valence-electron chi connectivity index (χ0n) is 24.0. The molecule has 6 unspecified atom stereocenters. The van der Waals surface area contributed by atoms with E-state index in [0.717, 1.165) is 37.9 Å². The van der Waals surface area contributed by atoms with Crippen LogP contribution in [0.1, 0.15) is 56.3 Å². The van der Waals surface area contributed by atoms with E-state index in [4.69, 9.17) is 9.15 Å². The minimum Gasteiger partial charge on any atom is -0.469 e. The quantitative estimate of drug-likeness (QED) is 0.225. The predicted molar refractivity (Wildman–Crippen MR) is 158 cm³/mol. The van der Waals surface area contributed by atoms with Crippen LogP contribution in [0.4, 0.5) is 0 Å². The molecule has 4 aliphatic rings. The summed E-state index contributed by atoms with van der Waals surface area (Å²) >= 11 is 0. The molecule has 1 aromatic heterocycles. The van der Waals surface area contributed by atoms with Crippen LogP contribution < -0.4 is 0 Å². The molecule has 3 fully saturated rings. The lowest BCUT2D eigenvalue weighted by Crippen LogP contribution is -2.64. The van der Waals surface area contributed by atoms with Crippen LogP contribution in [-0.2, 0) is 25.7 Å². The van der Waals surface area contributed by atoms with Crippen LogP contribution in [0, 0.1) is 135 Å². The van der Waals surface area contributed by atoms with Gasteiger partial charge in [-0.2, -0.15) is 4.89 Å². The molecule has 1 aromatic rings. The highest BCUT2D eigenvalue weighted by Gasteiger charge is 2.67. The van der Waals surface area contributed by atoms with Crippen molar-refractivity contribution < 1.29 is 23.7 Å². The Hall–Kier alpha value is -5.45. The lowest BCUT2D eigenvalue weighted by molar-refractivity contribution is -0.212. The highest BCUT2D eigenvalue weighted by molar-refractivity contribution is 5.83. The Morgan fingerprint density at radius 2 is 1.47 bits per heavy atom. The van der Waals surface area contributed by atoms with E-state index >= 15 is 0 Å². The molecule has 208 valence electrons. The van der Waals surface area contributed by atoms with Crippen molar-refractivity contribution >= 4 is 5.97 Å². The highest BCUT2D eigenvalue weighted by atomic mass is 17.2. The summed E-state index contributed by atoms with van der Waals surface area (Å²) in [6, 6.07) is 2.13. The van der Waals surface area contributed by atoms with Crippen LogP contribution in [0.3, 0.4) is 0 Å². The van der Waals surface area contributed by atoms with Gasteiger partial charge in [-0.1, -0.05) is 19.3 Å². The lowest BCUT2D eigenvalue weighted by atomic mass is 9.42. The minimum absolute atomic E-state index is 0.0630. The van der Waals surface area contributed by atoms with Crippen molar-refractivity contribution in [1.82, 2.24) is 0 Å². The molecule has 3 aliphatic carbocycles. The summed E-state index contributed by atoms with van der Waals surface area (Å²) in [5.41, 5.74) is 0.473. The van der Waals surface area contributed by atoms with Gasteiger partial charge in [0.25, 0.3) is 0 Å². The molecule has 0 radical (unpaired) electrons. The average Bonchev–Trinajstić information content (AvgIpc) is 3.50. The first-order chi connectivity index (χ1) is 21.1. The van der Waals surface area contributed by atoms with Gasteiger partial charge in [0, 0.05) is 59.2 Å². The predicted octanol–water partition coefficient (Wildman–Crippen LogP) is 3.86. The normalized spacial score (nSPS) is 27.8. The average molecular weight is 563 g/mol. The van der Waals surface area contributed by atoms with Crippen molar-refractivity contribution in [3.05, 3.63) is 23.7 Å². The first-order valence-corrected chi connectivity index (χ1v) is 14.1. The van der Waals surface area contributed by atoms with Gasteiger partial charge in [0.05, 0.1) is 20.0 Å². The van der Waals surface area contributed by atoms with Gasteiger partial charge in [0.1, 0.15) is 11.2 Å². The minimum atomic E-state index is -0.809. The van der Waals surface area contributed by atoms with Crippen LogP contribution in [-0.4, -0.2) is 19.7 Å². The largest absolute Gasteiger partial charge is 0.469 e. The van der Waals surface area contributed by atoms with Gasteiger partial charge in [0.15, 0.2) is 6.11 Å². The Morgan fingerprint density at radius 3 is 2.12 bits per heavy atom. The van der Waals surface area contributed by atoms with Gasteiger partial charge >= 0.3 is 5.97 Å². The van der Waals surface area contributed by atoms with Crippen molar-refractivity contribution in [3.8, 4) is 107 Å². The second-order valence-corrected chi connectivity index (χ2v) is 10.8. The summed E-state index contributed by atoms with van der Waals surface area (Å²) in [7, 11) is 1.34. The van der Waals surface area contributed by atoms with Crippen LogP contribution in [0.2, 0.25) is 0 Å². The maximum Gasteiger partial charge on any atom is 0.324 e. The van der Waals surface area contributed by atoms with Crippen molar-refractivity contribution in [1.29, 1.82) is 0 Å². The zero-order chi connectivity index (χ0) is 30.0. The van der Waals surface area contributed by atoms with Gasteiger partial charge in [-0.25, -0.2) is 0 Å². The number of carbonyl (C=O) groups is 1. The monoisotopic (exact) mass is 562 g/mol. The number of hydrogen-bond donors (Lipinski definition) is 0. The Labute approximate surface area is 253 Å². The molecule has 5 heteroatoms. The SMILES string of the molecule is COOC#CC#CC#CC#CC#CC#CC#CC#CC#CC12CCCC3(COC1=O)C1Cc4occc4C(C)C1CCC23. The summed E-state index contributed by atoms with van der Waals surface area (Å²) in [5, 5.41) is 0. The maximum atomic E-state index is 13.3. The van der Waals surface area contributed by atoms with Gasteiger partial charge < -0.3 is 9.15 Å². The van der Waals surface area contributed by atoms with Gasteiger partial charge in [-0.05, 0) is 108 Å². The molecule has 5 rings (SSSR count). The topological polar surface area (TPSA) is 57.9 Å². The molecule has 0 aromatic carbocycles. The second-order valence-electron chi connectivity index (χ2n) is 10.8. The van der Waals surface area contributed by atoms with E-state index in [0.29, 0.717) is 30.8 Å². The molecule has 43 heavy (non-hydrogen) atoms. The first kappa shape index (κ1) is 29.1. The summed E-state index contributed by atoms with van der Waals surface area (Å²) in [6.45, 7) is 2.81. The third kappa shape index (κ3) is 5.96. The summed E-state index contributed by atoms with van der Waals surface area (Å²) in [5.74, 6) is 47.1. The standard InChI is InChI=1S/C38H26O5/c1-30-31-20-21-35-37(24-19-25-38(35,29-42-36(37)39)33(31)28-34-32(30)22-27-41-34)23-17-15-13-11-9-7-5-3-4-6-8-10-12-14-16-18-26-43-40-2/h22,27,30-31,33,35H,19-21,24-25,28-29H2,1-2H3. The molecule has 6 atom stereocenters. The molecule has 2 heterocycles. The van der Waals surface area contributed by atoms with Crippen molar-refractivity contribution in [3.63, 3.8) is 0 Å². The van der Waals surface area contributed by atoms with Crippen LogP contribution in [0.5, 0.6) is 0 Å². The fourth-order valence-corrected chi connectivity index (χ4v) is 7.53. The number of hydrogen-bond acceptors (Lipinski definition) is 5. The Balaban J connectivity index is 1.23. The Morgan fingerprint density at radius 1 is 0.837 bits per heavy atom. The van der Waals surface area contributed by atoms with Crippen LogP contribution in [0.15, 0.2) is 16.7 Å². The molecule has 0 amide bonds. The van der Waals surface area contributed by atoms with E-state index in [2.05, 4.69) is 130 Å². The van der Waals surface area contributed by atoms with Crippen molar-refractivity contribution in [2.45, 2.75) is 51.4 Å². The van der Waals surface area contributed by atoms with E-state index in [9.17, 15) is 4.79 Å².